The van der Waals surface area contributed by atoms with Crippen molar-refractivity contribution in [3.05, 3.63) is 51.6 Å². The summed E-state index contributed by atoms with van der Waals surface area (Å²) in [4.78, 5) is 39.9. The molecule has 0 heterocycles. The number of fused-ring (bicyclic) bond motifs is 3. The molecular formula is C29H32O10. The van der Waals surface area contributed by atoms with Crippen LogP contribution in [0.15, 0.2) is 18.2 Å². The van der Waals surface area contributed by atoms with Crippen LogP contribution < -0.4 is 4.74 Å². The van der Waals surface area contributed by atoms with Crippen molar-refractivity contribution >= 4 is 17.3 Å². The van der Waals surface area contributed by atoms with E-state index in [9.17, 15) is 39.9 Å². The van der Waals surface area contributed by atoms with Crippen LogP contribution in [-0.2, 0) is 16.0 Å². The van der Waals surface area contributed by atoms with E-state index in [0.717, 1.165) is 0 Å². The molecule has 2 aromatic rings. The van der Waals surface area contributed by atoms with E-state index in [1.54, 1.807) is 0 Å². The van der Waals surface area contributed by atoms with Crippen molar-refractivity contribution in [1.82, 2.24) is 0 Å². The third kappa shape index (κ3) is 4.13. The van der Waals surface area contributed by atoms with Gasteiger partial charge in [-0.1, -0.05) is 26.0 Å². The summed E-state index contributed by atoms with van der Waals surface area (Å²) >= 11 is 0. The standard InChI is InChI=1S/C29H32O10/c1-12-7-14(8-13(2)24(12)32)39-18-10-29(37,19(31)11-30)9-16-21(18)28(36)23-22(26(16)34)25(33)15-5-4-6-17(38-3)20(15)27(23)35/h4-6,12-14,18,24,30,32,34,36-37H,7-11H2,1-3H3/t12-,13+,14-,18-,24-,29-/m0/s1. The second kappa shape index (κ2) is 9.71. The van der Waals surface area contributed by atoms with Gasteiger partial charge in [0.2, 0.25) is 5.78 Å². The Hall–Kier alpha value is -3.31. The van der Waals surface area contributed by atoms with Crippen LogP contribution >= 0.6 is 0 Å². The Morgan fingerprint density at radius 1 is 1.03 bits per heavy atom. The van der Waals surface area contributed by atoms with E-state index in [0.29, 0.717) is 12.8 Å². The number of hydrogen-bond donors (Lipinski definition) is 5. The Morgan fingerprint density at radius 3 is 2.28 bits per heavy atom. The highest BCUT2D eigenvalue weighted by Gasteiger charge is 2.50. The zero-order valence-electron chi connectivity index (χ0n) is 21.9. The molecule has 5 rings (SSSR count). The average molecular weight is 541 g/mol. The lowest BCUT2D eigenvalue weighted by Crippen LogP contribution is -2.48. The molecule has 39 heavy (non-hydrogen) atoms. The third-order valence-corrected chi connectivity index (χ3v) is 8.53. The largest absolute Gasteiger partial charge is 0.507 e. The molecule has 208 valence electrons. The van der Waals surface area contributed by atoms with Gasteiger partial charge in [0, 0.05) is 29.5 Å². The summed E-state index contributed by atoms with van der Waals surface area (Å²) in [5.74, 6) is -3.64. The minimum Gasteiger partial charge on any atom is -0.507 e. The number of phenols is 2. The van der Waals surface area contributed by atoms with Crippen LogP contribution in [0.3, 0.4) is 0 Å². The van der Waals surface area contributed by atoms with Crippen LogP contribution in [0, 0.1) is 11.8 Å². The van der Waals surface area contributed by atoms with Crippen molar-refractivity contribution < 1.29 is 49.4 Å². The number of aliphatic hydroxyl groups is 3. The van der Waals surface area contributed by atoms with Gasteiger partial charge in [0.15, 0.2) is 11.6 Å². The number of rotatable bonds is 5. The molecule has 1 fully saturated rings. The molecule has 0 bridgehead atoms. The second-order valence-corrected chi connectivity index (χ2v) is 11.0. The van der Waals surface area contributed by atoms with Gasteiger partial charge in [-0.15, -0.1) is 0 Å². The fourth-order valence-electron chi connectivity index (χ4n) is 6.50. The molecule has 3 aliphatic carbocycles. The first-order valence-corrected chi connectivity index (χ1v) is 13.0. The average Bonchev–Trinajstić information content (AvgIpc) is 2.90. The Bertz CT molecular complexity index is 1370. The molecule has 10 heteroatoms. The number of Topliss-reactive ketones (excluding diaryl/α,β-unsaturated/α-hetero) is 1. The highest BCUT2D eigenvalue weighted by Crippen LogP contribution is 2.52. The van der Waals surface area contributed by atoms with Gasteiger partial charge in [0.25, 0.3) is 0 Å². The Labute approximate surface area is 224 Å². The summed E-state index contributed by atoms with van der Waals surface area (Å²) in [6.07, 6.45) is -2.05. The summed E-state index contributed by atoms with van der Waals surface area (Å²) in [5, 5.41) is 54.2. The van der Waals surface area contributed by atoms with E-state index < -0.39 is 76.9 Å². The van der Waals surface area contributed by atoms with Crippen molar-refractivity contribution in [3.63, 3.8) is 0 Å². The maximum atomic E-state index is 13.7. The van der Waals surface area contributed by atoms with E-state index in [-0.39, 0.29) is 46.3 Å². The summed E-state index contributed by atoms with van der Waals surface area (Å²) in [5.41, 5.74) is -3.14. The van der Waals surface area contributed by atoms with Gasteiger partial charge >= 0.3 is 0 Å². The smallest absolute Gasteiger partial charge is 0.202 e. The maximum absolute atomic E-state index is 13.7. The zero-order chi connectivity index (χ0) is 28.4. The van der Waals surface area contributed by atoms with Gasteiger partial charge in [-0.25, -0.2) is 0 Å². The van der Waals surface area contributed by atoms with Crippen LogP contribution in [0.5, 0.6) is 17.2 Å². The van der Waals surface area contributed by atoms with E-state index >= 15 is 0 Å². The van der Waals surface area contributed by atoms with Crippen LogP contribution in [0.25, 0.3) is 0 Å². The van der Waals surface area contributed by atoms with Crippen LogP contribution in [0.2, 0.25) is 0 Å². The molecule has 3 aliphatic rings. The van der Waals surface area contributed by atoms with E-state index in [4.69, 9.17) is 9.47 Å². The molecule has 1 saturated carbocycles. The lowest BCUT2D eigenvalue weighted by Gasteiger charge is -2.42. The maximum Gasteiger partial charge on any atom is 0.202 e. The number of carbonyl (C=O) groups is 3. The number of phenolic OH excluding ortho intramolecular Hbond substituents is 2. The van der Waals surface area contributed by atoms with Crippen molar-refractivity contribution in [1.29, 1.82) is 0 Å². The van der Waals surface area contributed by atoms with Crippen LogP contribution in [0.1, 0.15) is 82.2 Å². The predicted molar refractivity (Wildman–Crippen MR) is 136 cm³/mol. The molecular weight excluding hydrogens is 508 g/mol. The van der Waals surface area contributed by atoms with Gasteiger partial charge in [-0.05, 0) is 30.7 Å². The van der Waals surface area contributed by atoms with Gasteiger partial charge in [-0.2, -0.15) is 0 Å². The Kier molecular flexibility index (Phi) is 6.79. The molecule has 0 aromatic heterocycles. The number of carbonyl (C=O) groups excluding carboxylic acids is 3. The SMILES string of the molecule is COc1cccc2c1C(=O)c1c(O)c3c(c(O)c1C2=O)C[C@@](O)(C(=O)CO)C[C@@H]3O[C@@H]1C[C@@H](C)[C@@H](O)[C@@H](C)C1. The highest BCUT2D eigenvalue weighted by atomic mass is 16.5. The minimum atomic E-state index is -2.15. The molecule has 6 atom stereocenters. The van der Waals surface area contributed by atoms with Crippen molar-refractivity contribution in [3.8, 4) is 17.2 Å². The molecule has 0 unspecified atom stereocenters. The molecule has 0 radical (unpaired) electrons. The first kappa shape index (κ1) is 27.3. The number of hydrogen-bond acceptors (Lipinski definition) is 10. The molecule has 2 aromatic carbocycles. The number of methoxy groups -OCH3 is 1. The van der Waals surface area contributed by atoms with Crippen molar-refractivity contribution in [2.24, 2.45) is 11.8 Å². The second-order valence-electron chi connectivity index (χ2n) is 11.0. The minimum absolute atomic E-state index is 0.00703. The fourth-order valence-corrected chi connectivity index (χ4v) is 6.50. The summed E-state index contributed by atoms with van der Waals surface area (Å²) in [6.45, 7) is 2.79. The molecule has 0 amide bonds. The zero-order valence-corrected chi connectivity index (χ0v) is 21.9. The topological polar surface area (TPSA) is 171 Å². The number of aromatic hydroxyl groups is 2. The van der Waals surface area contributed by atoms with Gasteiger partial charge in [0.05, 0.1) is 42.1 Å². The lowest BCUT2D eigenvalue weighted by molar-refractivity contribution is -0.152. The van der Waals surface area contributed by atoms with Crippen LogP contribution in [0.4, 0.5) is 0 Å². The number of benzene rings is 2. The fraction of sp³-hybridized carbons (Fsp3) is 0.483. The van der Waals surface area contributed by atoms with Gasteiger partial charge < -0.3 is 35.0 Å². The summed E-state index contributed by atoms with van der Waals surface area (Å²) in [7, 11) is 1.35. The van der Waals surface area contributed by atoms with Crippen molar-refractivity contribution in [2.75, 3.05) is 13.7 Å². The number of ketones is 3. The summed E-state index contributed by atoms with van der Waals surface area (Å²) < 4.78 is 11.6. The highest BCUT2D eigenvalue weighted by molar-refractivity contribution is 6.31. The summed E-state index contributed by atoms with van der Waals surface area (Å²) in [6, 6.07) is 4.44. The lowest BCUT2D eigenvalue weighted by atomic mass is 9.71. The predicted octanol–water partition coefficient (Wildman–Crippen LogP) is 1.97. The molecule has 10 nitrogen and oxygen atoms in total. The Morgan fingerprint density at radius 2 is 1.67 bits per heavy atom. The number of aliphatic hydroxyl groups excluding tert-OH is 2. The molecule has 0 saturated heterocycles. The van der Waals surface area contributed by atoms with E-state index in [1.165, 1.54) is 25.3 Å². The van der Waals surface area contributed by atoms with Crippen molar-refractivity contribution in [2.45, 2.75) is 63.4 Å². The quantitative estimate of drug-likeness (QED) is 0.301. The molecule has 0 aliphatic heterocycles. The monoisotopic (exact) mass is 540 g/mol. The Balaban J connectivity index is 1.69. The third-order valence-electron chi connectivity index (χ3n) is 8.53. The normalized spacial score (nSPS) is 29.8. The van der Waals surface area contributed by atoms with Gasteiger partial charge in [-0.3, -0.25) is 14.4 Å². The first-order valence-electron chi connectivity index (χ1n) is 13.0. The first-order chi connectivity index (χ1) is 18.4. The number of ether oxygens (including phenoxy) is 2. The molecule has 5 N–H and O–H groups in total. The van der Waals surface area contributed by atoms with Gasteiger partial charge in [0.1, 0.15) is 29.5 Å². The molecule has 0 spiro atoms. The van der Waals surface area contributed by atoms with E-state index in [1.807, 2.05) is 13.8 Å². The van der Waals surface area contributed by atoms with E-state index in [2.05, 4.69) is 0 Å². The van der Waals surface area contributed by atoms with Crippen LogP contribution in [-0.4, -0.2) is 74.4 Å².